The van der Waals surface area contributed by atoms with Gasteiger partial charge in [-0.05, 0) is 25.0 Å². The Hall–Kier alpha value is -3.39. The van der Waals surface area contributed by atoms with Gasteiger partial charge >= 0.3 is 5.97 Å². The van der Waals surface area contributed by atoms with E-state index in [2.05, 4.69) is 5.32 Å². The summed E-state index contributed by atoms with van der Waals surface area (Å²) in [6.07, 6.45) is 0.235. The van der Waals surface area contributed by atoms with E-state index >= 15 is 0 Å². The predicted octanol–water partition coefficient (Wildman–Crippen LogP) is 1.95. The van der Waals surface area contributed by atoms with Gasteiger partial charge in [0.25, 0.3) is 11.8 Å². The highest BCUT2D eigenvalue weighted by Crippen LogP contribution is 2.08. The molecule has 0 aliphatic carbocycles. The van der Waals surface area contributed by atoms with Crippen LogP contribution in [0.2, 0.25) is 0 Å². The molecule has 0 aliphatic heterocycles. The number of esters is 1. The number of nitriles is 2. The zero-order valence-corrected chi connectivity index (χ0v) is 17.0. The number of carbonyl (C=O) groups is 3. The van der Waals surface area contributed by atoms with Crippen molar-refractivity contribution in [3.05, 3.63) is 35.4 Å². The molecule has 0 heterocycles. The molecular formula is C21H26N4O4. The second-order valence-corrected chi connectivity index (χ2v) is 6.87. The number of amides is 2. The molecule has 29 heavy (non-hydrogen) atoms. The van der Waals surface area contributed by atoms with E-state index in [-0.39, 0.29) is 31.8 Å². The Balaban J connectivity index is 2.70. The predicted molar refractivity (Wildman–Crippen MR) is 105 cm³/mol. The summed E-state index contributed by atoms with van der Waals surface area (Å²) in [6, 6.07) is 9.89. The summed E-state index contributed by atoms with van der Waals surface area (Å²) in [6.45, 7) is 5.23. The maximum Gasteiger partial charge on any atom is 0.329 e. The van der Waals surface area contributed by atoms with Gasteiger partial charge < -0.3 is 15.0 Å². The number of benzene rings is 1. The number of nitrogens with zero attached hydrogens (tertiary/aromatic N) is 3. The molecule has 0 spiro atoms. The summed E-state index contributed by atoms with van der Waals surface area (Å²) in [4.78, 5) is 38.4. The molecule has 1 N–H and O–H groups in total. The summed E-state index contributed by atoms with van der Waals surface area (Å²) < 4.78 is 5.11. The molecular weight excluding hydrogens is 372 g/mol. The number of nitrogens with one attached hydrogen (secondary N) is 1. The average molecular weight is 398 g/mol. The van der Waals surface area contributed by atoms with E-state index < -0.39 is 30.4 Å². The number of hydrogen-bond donors (Lipinski definition) is 1. The third-order valence-corrected chi connectivity index (χ3v) is 4.20. The lowest BCUT2D eigenvalue weighted by Gasteiger charge is -2.23. The number of hydrogen-bond acceptors (Lipinski definition) is 6. The average Bonchev–Trinajstić information content (AvgIpc) is 2.70. The third kappa shape index (κ3) is 8.02. The molecule has 1 unspecified atom stereocenters. The lowest BCUT2D eigenvalue weighted by atomic mass is 10.0. The SMILES string of the molecule is Cc1ccc(C(=O)NC(C(=O)OCC(=O)N(CCC#N)CCC#N)C(C)C)cc1. The highest BCUT2D eigenvalue weighted by molar-refractivity contribution is 5.97. The monoisotopic (exact) mass is 398 g/mol. The van der Waals surface area contributed by atoms with Crippen LogP contribution < -0.4 is 5.32 Å². The fraction of sp³-hybridized carbons (Fsp3) is 0.476. The minimum Gasteiger partial charge on any atom is -0.454 e. The van der Waals surface area contributed by atoms with Crippen LogP contribution in [0.4, 0.5) is 0 Å². The van der Waals surface area contributed by atoms with Crippen LogP contribution in [0.5, 0.6) is 0 Å². The maximum absolute atomic E-state index is 12.4. The maximum atomic E-state index is 12.4. The summed E-state index contributed by atoms with van der Waals surface area (Å²) >= 11 is 0. The standard InChI is InChI=1S/C21H26N4O4/c1-15(2)19(24-20(27)17-8-6-16(3)7-9-17)21(28)29-14-18(26)25(12-4-10-22)13-5-11-23/h6-9,15,19H,4-5,12-14H2,1-3H3,(H,24,27). The molecule has 2 amide bonds. The molecule has 0 aliphatic rings. The molecule has 1 aromatic carbocycles. The smallest absolute Gasteiger partial charge is 0.329 e. The Morgan fingerprint density at radius 3 is 2.10 bits per heavy atom. The number of aryl methyl sites for hydroxylation is 1. The lowest BCUT2D eigenvalue weighted by Crippen LogP contribution is -2.46. The first-order valence-electron chi connectivity index (χ1n) is 9.36. The zero-order chi connectivity index (χ0) is 21.8. The Bertz CT molecular complexity index is 772. The quantitative estimate of drug-likeness (QED) is 0.601. The lowest BCUT2D eigenvalue weighted by molar-refractivity contribution is -0.154. The Kier molecular flexibility index (Phi) is 9.90. The van der Waals surface area contributed by atoms with E-state index in [1.807, 2.05) is 19.1 Å². The van der Waals surface area contributed by atoms with Gasteiger partial charge in [0.15, 0.2) is 6.61 Å². The molecule has 154 valence electrons. The van der Waals surface area contributed by atoms with Crippen LogP contribution in [-0.2, 0) is 14.3 Å². The van der Waals surface area contributed by atoms with Crippen molar-refractivity contribution in [3.63, 3.8) is 0 Å². The molecule has 0 bridgehead atoms. The van der Waals surface area contributed by atoms with E-state index in [4.69, 9.17) is 15.3 Å². The normalized spacial score (nSPS) is 11.1. The highest BCUT2D eigenvalue weighted by Gasteiger charge is 2.27. The van der Waals surface area contributed by atoms with Crippen molar-refractivity contribution in [3.8, 4) is 12.1 Å². The fourth-order valence-corrected chi connectivity index (χ4v) is 2.47. The molecule has 1 atom stereocenters. The third-order valence-electron chi connectivity index (χ3n) is 4.20. The highest BCUT2D eigenvalue weighted by atomic mass is 16.5. The van der Waals surface area contributed by atoms with Gasteiger partial charge in [-0.15, -0.1) is 0 Å². The molecule has 8 heteroatoms. The van der Waals surface area contributed by atoms with Gasteiger partial charge in [-0.1, -0.05) is 31.5 Å². The first-order chi connectivity index (χ1) is 13.8. The second kappa shape index (κ2) is 12.1. The first-order valence-corrected chi connectivity index (χ1v) is 9.36. The number of carbonyl (C=O) groups excluding carboxylic acids is 3. The van der Waals surface area contributed by atoms with E-state index in [1.54, 1.807) is 38.1 Å². The van der Waals surface area contributed by atoms with Crippen LogP contribution in [0.1, 0.15) is 42.6 Å². The molecule has 0 aromatic heterocycles. The van der Waals surface area contributed by atoms with E-state index in [0.717, 1.165) is 5.56 Å². The van der Waals surface area contributed by atoms with Crippen molar-refractivity contribution in [1.82, 2.24) is 10.2 Å². The largest absolute Gasteiger partial charge is 0.454 e. The van der Waals surface area contributed by atoms with E-state index in [9.17, 15) is 14.4 Å². The molecule has 0 saturated carbocycles. The molecule has 0 radical (unpaired) electrons. The molecule has 8 nitrogen and oxygen atoms in total. The molecule has 1 rings (SSSR count). The Morgan fingerprint density at radius 2 is 1.62 bits per heavy atom. The van der Waals surface area contributed by atoms with E-state index in [0.29, 0.717) is 5.56 Å². The summed E-state index contributed by atoms with van der Waals surface area (Å²) in [5, 5.41) is 20.0. The number of rotatable bonds is 10. The minimum atomic E-state index is -0.914. The fourth-order valence-electron chi connectivity index (χ4n) is 2.47. The number of ether oxygens (including phenoxy) is 1. The van der Waals surface area contributed by atoms with Crippen molar-refractivity contribution < 1.29 is 19.1 Å². The van der Waals surface area contributed by atoms with E-state index in [1.165, 1.54) is 4.90 Å². The van der Waals surface area contributed by atoms with Gasteiger partial charge in [0, 0.05) is 18.7 Å². The van der Waals surface area contributed by atoms with Gasteiger partial charge in [0.2, 0.25) is 0 Å². The molecule has 1 aromatic rings. The Morgan fingerprint density at radius 1 is 1.07 bits per heavy atom. The van der Waals surface area contributed by atoms with Gasteiger partial charge in [0.1, 0.15) is 6.04 Å². The minimum absolute atomic E-state index is 0.117. The van der Waals surface area contributed by atoms with Crippen LogP contribution in [-0.4, -0.2) is 48.4 Å². The van der Waals surface area contributed by atoms with Crippen molar-refractivity contribution in [2.75, 3.05) is 19.7 Å². The van der Waals surface area contributed by atoms with Crippen LogP contribution in [0.15, 0.2) is 24.3 Å². The van der Waals surface area contributed by atoms with Crippen LogP contribution in [0, 0.1) is 35.5 Å². The second-order valence-electron chi connectivity index (χ2n) is 6.87. The summed E-state index contributed by atoms with van der Waals surface area (Å²) in [5.74, 6) is -1.86. The van der Waals surface area contributed by atoms with Crippen molar-refractivity contribution >= 4 is 17.8 Å². The first kappa shape index (κ1) is 23.6. The molecule has 0 saturated heterocycles. The van der Waals surface area contributed by atoms with Gasteiger partial charge in [-0.2, -0.15) is 10.5 Å². The summed E-state index contributed by atoms with van der Waals surface area (Å²) in [7, 11) is 0. The van der Waals surface area contributed by atoms with Gasteiger partial charge in [-0.25, -0.2) is 4.79 Å². The molecule has 0 fully saturated rings. The zero-order valence-electron chi connectivity index (χ0n) is 17.0. The van der Waals surface area contributed by atoms with Crippen LogP contribution >= 0.6 is 0 Å². The van der Waals surface area contributed by atoms with Gasteiger partial charge in [-0.3, -0.25) is 9.59 Å². The summed E-state index contributed by atoms with van der Waals surface area (Å²) in [5.41, 5.74) is 1.43. The van der Waals surface area contributed by atoms with Crippen LogP contribution in [0.3, 0.4) is 0 Å². The topological polar surface area (TPSA) is 123 Å². The van der Waals surface area contributed by atoms with Crippen molar-refractivity contribution in [2.24, 2.45) is 5.92 Å². The van der Waals surface area contributed by atoms with Crippen molar-refractivity contribution in [1.29, 1.82) is 10.5 Å². The van der Waals surface area contributed by atoms with Gasteiger partial charge in [0.05, 0.1) is 25.0 Å². The van der Waals surface area contributed by atoms with Crippen LogP contribution in [0.25, 0.3) is 0 Å². The Labute approximate surface area is 171 Å². The van der Waals surface area contributed by atoms with Crippen molar-refractivity contribution in [2.45, 2.75) is 39.7 Å².